The molecule has 3 heterocycles. The van der Waals surface area contributed by atoms with Crippen LogP contribution in [0.4, 0.5) is 5.82 Å². The van der Waals surface area contributed by atoms with Gasteiger partial charge in [-0.1, -0.05) is 13.8 Å². The zero-order chi connectivity index (χ0) is 13.2. The van der Waals surface area contributed by atoms with Crippen LogP contribution in [0.25, 0.3) is 0 Å². The Morgan fingerprint density at radius 2 is 1.95 bits per heavy atom. The quantitative estimate of drug-likeness (QED) is 0.828. The zero-order valence-corrected chi connectivity index (χ0v) is 11.9. The van der Waals surface area contributed by atoms with E-state index in [1.54, 1.807) is 0 Å². The number of hydrogen-bond donors (Lipinski definition) is 0. The molecule has 3 rings (SSSR count). The summed E-state index contributed by atoms with van der Waals surface area (Å²) in [6.07, 6.45) is 1.94. The van der Waals surface area contributed by atoms with Crippen LogP contribution in [0.15, 0.2) is 18.3 Å². The summed E-state index contributed by atoms with van der Waals surface area (Å²) >= 11 is 0. The average Bonchev–Trinajstić information content (AvgIpc) is 2.38. The standard InChI is InChI=1S/C15H23N3O/c1-12(2)13-3-4-16-15(9-13)18-7-5-17(6-8-18)14-10-19-11-14/h3-4,9,12,14H,5-8,10-11H2,1-2H3. The molecule has 4 heteroatoms. The molecule has 0 radical (unpaired) electrons. The van der Waals surface area contributed by atoms with Crippen molar-refractivity contribution in [3.05, 3.63) is 23.9 Å². The maximum absolute atomic E-state index is 5.27. The Kier molecular flexibility index (Phi) is 3.71. The lowest BCUT2D eigenvalue weighted by molar-refractivity contribution is -0.0661. The van der Waals surface area contributed by atoms with Crippen molar-refractivity contribution in [2.24, 2.45) is 0 Å². The van der Waals surface area contributed by atoms with Crippen molar-refractivity contribution in [2.45, 2.75) is 25.8 Å². The molecular formula is C15H23N3O. The van der Waals surface area contributed by atoms with Crippen LogP contribution in [-0.4, -0.2) is 55.3 Å². The monoisotopic (exact) mass is 261 g/mol. The molecule has 0 bridgehead atoms. The van der Waals surface area contributed by atoms with E-state index in [4.69, 9.17) is 4.74 Å². The van der Waals surface area contributed by atoms with Crippen molar-refractivity contribution in [2.75, 3.05) is 44.3 Å². The molecule has 0 atom stereocenters. The van der Waals surface area contributed by atoms with E-state index >= 15 is 0 Å². The first-order valence-corrected chi connectivity index (χ1v) is 7.27. The predicted molar refractivity (Wildman–Crippen MR) is 76.7 cm³/mol. The van der Waals surface area contributed by atoms with Crippen molar-refractivity contribution < 1.29 is 4.74 Å². The summed E-state index contributed by atoms with van der Waals surface area (Å²) in [5.74, 6) is 1.70. The van der Waals surface area contributed by atoms with Gasteiger partial charge in [-0.15, -0.1) is 0 Å². The van der Waals surface area contributed by atoms with Crippen LogP contribution in [0.3, 0.4) is 0 Å². The summed E-state index contributed by atoms with van der Waals surface area (Å²) in [4.78, 5) is 9.48. The van der Waals surface area contributed by atoms with E-state index in [9.17, 15) is 0 Å². The highest BCUT2D eigenvalue weighted by Crippen LogP contribution is 2.21. The van der Waals surface area contributed by atoms with Crippen molar-refractivity contribution in [3.63, 3.8) is 0 Å². The molecule has 2 aliphatic heterocycles. The summed E-state index contributed by atoms with van der Waals surface area (Å²) in [5.41, 5.74) is 1.37. The van der Waals surface area contributed by atoms with E-state index in [1.165, 1.54) is 5.56 Å². The van der Waals surface area contributed by atoms with Crippen LogP contribution in [0.2, 0.25) is 0 Å². The van der Waals surface area contributed by atoms with Gasteiger partial charge < -0.3 is 9.64 Å². The van der Waals surface area contributed by atoms with Gasteiger partial charge in [0.15, 0.2) is 0 Å². The first-order valence-electron chi connectivity index (χ1n) is 7.27. The van der Waals surface area contributed by atoms with Crippen LogP contribution >= 0.6 is 0 Å². The zero-order valence-electron chi connectivity index (χ0n) is 11.9. The van der Waals surface area contributed by atoms with Crippen LogP contribution in [-0.2, 0) is 4.74 Å². The number of pyridine rings is 1. The molecule has 0 aliphatic carbocycles. The molecule has 0 spiro atoms. The first kappa shape index (κ1) is 12.9. The van der Waals surface area contributed by atoms with E-state index in [0.29, 0.717) is 12.0 Å². The molecule has 4 nitrogen and oxygen atoms in total. The smallest absolute Gasteiger partial charge is 0.128 e. The molecule has 1 aromatic rings. The maximum atomic E-state index is 5.27. The fourth-order valence-electron chi connectivity index (χ4n) is 2.72. The number of nitrogens with zero attached hydrogens (tertiary/aromatic N) is 3. The van der Waals surface area contributed by atoms with E-state index in [0.717, 1.165) is 45.2 Å². The lowest BCUT2D eigenvalue weighted by Crippen LogP contribution is -2.56. The fourth-order valence-corrected chi connectivity index (χ4v) is 2.72. The summed E-state index contributed by atoms with van der Waals surface area (Å²) in [7, 11) is 0. The summed E-state index contributed by atoms with van der Waals surface area (Å²) in [6, 6.07) is 5.03. The van der Waals surface area contributed by atoms with Gasteiger partial charge in [-0.05, 0) is 23.6 Å². The van der Waals surface area contributed by atoms with Gasteiger partial charge in [-0.2, -0.15) is 0 Å². The predicted octanol–water partition coefficient (Wildman–Crippen LogP) is 1.73. The number of piperazine rings is 1. The minimum Gasteiger partial charge on any atom is -0.378 e. The van der Waals surface area contributed by atoms with Gasteiger partial charge >= 0.3 is 0 Å². The van der Waals surface area contributed by atoms with Gasteiger partial charge in [0, 0.05) is 32.4 Å². The third-order valence-electron chi connectivity index (χ3n) is 4.21. The Labute approximate surface area is 115 Å². The topological polar surface area (TPSA) is 28.6 Å². The highest BCUT2D eigenvalue weighted by atomic mass is 16.5. The highest BCUT2D eigenvalue weighted by molar-refractivity contribution is 5.42. The molecule has 19 heavy (non-hydrogen) atoms. The molecule has 0 saturated carbocycles. The van der Waals surface area contributed by atoms with Crippen molar-refractivity contribution in [1.82, 2.24) is 9.88 Å². The van der Waals surface area contributed by atoms with Crippen molar-refractivity contribution >= 4 is 5.82 Å². The molecule has 1 aromatic heterocycles. The van der Waals surface area contributed by atoms with Gasteiger partial charge in [-0.25, -0.2) is 4.98 Å². The largest absolute Gasteiger partial charge is 0.378 e. The third kappa shape index (κ3) is 2.74. The fraction of sp³-hybridized carbons (Fsp3) is 0.667. The number of aromatic nitrogens is 1. The Morgan fingerprint density at radius 1 is 1.21 bits per heavy atom. The molecule has 2 fully saturated rings. The Hall–Kier alpha value is -1.13. The minimum absolute atomic E-state index is 0.565. The molecule has 0 N–H and O–H groups in total. The summed E-state index contributed by atoms with van der Waals surface area (Å²) < 4.78 is 5.27. The summed E-state index contributed by atoms with van der Waals surface area (Å²) in [5, 5.41) is 0. The Morgan fingerprint density at radius 3 is 2.53 bits per heavy atom. The second kappa shape index (κ2) is 5.47. The lowest BCUT2D eigenvalue weighted by Gasteiger charge is -2.42. The molecule has 0 amide bonds. The maximum Gasteiger partial charge on any atom is 0.128 e. The third-order valence-corrected chi connectivity index (χ3v) is 4.21. The Bertz CT molecular complexity index is 423. The SMILES string of the molecule is CC(C)c1ccnc(N2CCN(C3COC3)CC2)c1. The van der Waals surface area contributed by atoms with Crippen LogP contribution in [0.5, 0.6) is 0 Å². The van der Waals surface area contributed by atoms with Gasteiger partial charge in [0.05, 0.1) is 19.3 Å². The average molecular weight is 261 g/mol. The molecular weight excluding hydrogens is 238 g/mol. The summed E-state index contributed by atoms with van der Waals surface area (Å²) in [6.45, 7) is 10.7. The van der Waals surface area contributed by atoms with Gasteiger partial charge in [0.2, 0.25) is 0 Å². The number of rotatable bonds is 3. The van der Waals surface area contributed by atoms with E-state index in [-0.39, 0.29) is 0 Å². The lowest BCUT2D eigenvalue weighted by atomic mass is 10.0. The number of anilines is 1. The van der Waals surface area contributed by atoms with E-state index in [2.05, 4.69) is 40.8 Å². The van der Waals surface area contributed by atoms with E-state index < -0.39 is 0 Å². The molecule has 104 valence electrons. The second-order valence-corrected chi connectivity index (χ2v) is 5.82. The van der Waals surface area contributed by atoms with Crippen molar-refractivity contribution in [1.29, 1.82) is 0 Å². The van der Waals surface area contributed by atoms with Crippen LogP contribution < -0.4 is 4.90 Å². The minimum atomic E-state index is 0.565. The molecule has 2 aliphatic rings. The molecule has 0 unspecified atom stereocenters. The number of ether oxygens (including phenoxy) is 1. The number of hydrogen-bond acceptors (Lipinski definition) is 4. The van der Waals surface area contributed by atoms with Gasteiger partial charge in [0.25, 0.3) is 0 Å². The normalized spacial score (nSPS) is 21.7. The Balaban J connectivity index is 1.62. The molecule has 2 saturated heterocycles. The van der Waals surface area contributed by atoms with Crippen LogP contribution in [0, 0.1) is 0 Å². The second-order valence-electron chi connectivity index (χ2n) is 5.82. The van der Waals surface area contributed by atoms with Gasteiger partial charge in [0.1, 0.15) is 5.82 Å². The van der Waals surface area contributed by atoms with Gasteiger partial charge in [-0.3, -0.25) is 4.90 Å². The molecule has 0 aromatic carbocycles. The highest BCUT2D eigenvalue weighted by Gasteiger charge is 2.29. The first-order chi connectivity index (χ1) is 9.24. The van der Waals surface area contributed by atoms with E-state index in [1.807, 2.05) is 6.20 Å². The van der Waals surface area contributed by atoms with Crippen LogP contribution in [0.1, 0.15) is 25.3 Å². The van der Waals surface area contributed by atoms with Crippen molar-refractivity contribution in [3.8, 4) is 0 Å².